The van der Waals surface area contributed by atoms with Crippen molar-refractivity contribution in [3.8, 4) is 0 Å². The van der Waals surface area contributed by atoms with Crippen LogP contribution in [-0.4, -0.2) is 25.8 Å². The minimum Gasteiger partial charge on any atom is -0.480 e. The Morgan fingerprint density at radius 2 is 1.76 bits per heavy atom. The molecule has 1 aromatic carbocycles. The van der Waals surface area contributed by atoms with Crippen LogP contribution in [0.4, 0.5) is 0 Å². The minimum atomic E-state index is -1.32. The number of aliphatic carboxylic acids is 1. The molecule has 21 heavy (non-hydrogen) atoms. The molecule has 1 fully saturated rings. The third-order valence-electron chi connectivity index (χ3n) is 4.28. The zero-order chi connectivity index (χ0) is 15.4. The van der Waals surface area contributed by atoms with Gasteiger partial charge in [0.1, 0.15) is 5.25 Å². The second kappa shape index (κ2) is 7.21. The molecule has 0 aliphatic heterocycles. The second-order valence-corrected chi connectivity index (χ2v) is 8.28. The summed E-state index contributed by atoms with van der Waals surface area (Å²) in [6.07, 6.45) is 3.28. The van der Waals surface area contributed by atoms with Gasteiger partial charge in [-0.3, -0.25) is 9.00 Å². The van der Waals surface area contributed by atoms with Crippen LogP contribution in [0.15, 0.2) is 30.3 Å². The molecular weight excluding hydrogens is 284 g/mol. The lowest BCUT2D eigenvalue weighted by molar-refractivity contribution is -0.136. The van der Waals surface area contributed by atoms with E-state index in [9.17, 15) is 14.1 Å². The van der Waals surface area contributed by atoms with Crippen LogP contribution >= 0.6 is 0 Å². The molecule has 0 aromatic heterocycles. The second-order valence-electron chi connectivity index (χ2n) is 6.38. The van der Waals surface area contributed by atoms with E-state index in [1.807, 2.05) is 30.3 Å². The zero-order valence-corrected chi connectivity index (χ0v) is 13.5. The lowest BCUT2D eigenvalue weighted by Crippen LogP contribution is -2.38. The first kappa shape index (κ1) is 16.2. The van der Waals surface area contributed by atoms with E-state index < -0.39 is 22.0 Å². The van der Waals surface area contributed by atoms with E-state index in [1.165, 1.54) is 0 Å². The lowest BCUT2D eigenvalue weighted by Gasteiger charge is -2.32. The Kier molecular flexibility index (Phi) is 5.57. The van der Waals surface area contributed by atoms with E-state index in [-0.39, 0.29) is 5.25 Å². The van der Waals surface area contributed by atoms with E-state index in [4.69, 9.17) is 0 Å². The summed E-state index contributed by atoms with van der Waals surface area (Å²) in [4.78, 5) is 11.6. The summed E-state index contributed by atoms with van der Waals surface area (Å²) >= 11 is 0. The fourth-order valence-corrected chi connectivity index (χ4v) is 5.45. The highest BCUT2D eigenvalue weighted by atomic mass is 32.2. The van der Waals surface area contributed by atoms with Gasteiger partial charge < -0.3 is 5.11 Å². The molecular formula is C17H24O3S. The van der Waals surface area contributed by atoms with Gasteiger partial charge in [-0.2, -0.15) is 0 Å². The number of hydrogen-bond acceptors (Lipinski definition) is 2. The van der Waals surface area contributed by atoms with Crippen molar-refractivity contribution >= 4 is 16.8 Å². The maximum atomic E-state index is 12.8. The number of hydrogen-bond donors (Lipinski definition) is 1. The third kappa shape index (κ3) is 4.40. The van der Waals surface area contributed by atoms with E-state index in [0.29, 0.717) is 18.3 Å². The summed E-state index contributed by atoms with van der Waals surface area (Å²) in [5.74, 6) is 0.130. The first-order valence-corrected chi connectivity index (χ1v) is 8.91. The Hall–Kier alpha value is -1.16. The molecule has 1 N–H and O–H groups in total. The van der Waals surface area contributed by atoms with Crippen LogP contribution in [-0.2, 0) is 22.0 Å². The van der Waals surface area contributed by atoms with Crippen LogP contribution in [0.2, 0.25) is 0 Å². The molecule has 4 atom stereocenters. The van der Waals surface area contributed by atoms with Gasteiger partial charge in [-0.1, -0.05) is 44.2 Å². The Bertz CT molecular complexity index is 490. The molecule has 1 aliphatic rings. The molecule has 3 nitrogen and oxygen atoms in total. The SMILES string of the molecule is CC1CC(C)CC(S(=O)C(Cc2ccccc2)C(=O)O)C1. The molecule has 1 saturated carbocycles. The molecule has 0 amide bonds. The summed E-state index contributed by atoms with van der Waals surface area (Å²) < 4.78 is 12.8. The van der Waals surface area contributed by atoms with Gasteiger partial charge >= 0.3 is 5.97 Å². The molecule has 0 heterocycles. The molecule has 116 valence electrons. The van der Waals surface area contributed by atoms with Crippen LogP contribution < -0.4 is 0 Å². The first-order chi connectivity index (χ1) is 9.97. The summed E-state index contributed by atoms with van der Waals surface area (Å²) in [6, 6.07) is 9.49. The average molecular weight is 308 g/mol. The number of carboxylic acids is 1. The van der Waals surface area contributed by atoms with Gasteiger partial charge in [-0.05, 0) is 43.1 Å². The molecule has 0 spiro atoms. The van der Waals surface area contributed by atoms with Crippen molar-refractivity contribution in [3.05, 3.63) is 35.9 Å². The van der Waals surface area contributed by atoms with Gasteiger partial charge in [0.2, 0.25) is 0 Å². The Morgan fingerprint density at radius 1 is 1.19 bits per heavy atom. The standard InChI is InChI=1S/C17H24O3S/c1-12-8-13(2)10-15(9-12)21(20)16(17(18)19)11-14-6-4-3-5-7-14/h3-7,12-13,15-16H,8-11H2,1-2H3,(H,18,19). The van der Waals surface area contributed by atoms with Gasteiger partial charge in [0.15, 0.2) is 0 Å². The molecule has 1 aromatic rings. The van der Waals surface area contributed by atoms with Gasteiger partial charge in [0.25, 0.3) is 0 Å². The number of carboxylic acid groups (broad SMARTS) is 1. The topological polar surface area (TPSA) is 54.4 Å². The van der Waals surface area contributed by atoms with Crippen LogP contribution in [0.3, 0.4) is 0 Å². The zero-order valence-electron chi connectivity index (χ0n) is 12.7. The number of rotatable bonds is 5. The fraction of sp³-hybridized carbons (Fsp3) is 0.588. The van der Waals surface area contributed by atoms with Crippen molar-refractivity contribution in [2.75, 3.05) is 0 Å². The largest absolute Gasteiger partial charge is 0.480 e. The van der Waals surface area contributed by atoms with Crippen molar-refractivity contribution < 1.29 is 14.1 Å². The highest BCUT2D eigenvalue weighted by Crippen LogP contribution is 2.32. The summed E-state index contributed by atoms with van der Waals surface area (Å²) in [5, 5.41) is 8.70. The van der Waals surface area contributed by atoms with Crippen molar-refractivity contribution in [2.45, 2.75) is 50.0 Å². The van der Waals surface area contributed by atoms with E-state index in [1.54, 1.807) is 0 Å². The Labute approximate surface area is 129 Å². The molecule has 2 rings (SSSR count). The predicted octanol–water partition coefficient (Wildman–Crippen LogP) is 3.26. The van der Waals surface area contributed by atoms with E-state index in [2.05, 4.69) is 13.8 Å². The van der Waals surface area contributed by atoms with E-state index in [0.717, 1.165) is 24.8 Å². The normalized spacial score (nSPS) is 28.8. The van der Waals surface area contributed by atoms with Crippen molar-refractivity contribution in [2.24, 2.45) is 11.8 Å². The predicted molar refractivity (Wildman–Crippen MR) is 85.7 cm³/mol. The minimum absolute atomic E-state index is 0.0218. The summed E-state index contributed by atoms with van der Waals surface area (Å²) in [7, 11) is -1.32. The fourth-order valence-electron chi connectivity index (χ4n) is 3.39. The quantitative estimate of drug-likeness (QED) is 0.908. The number of benzene rings is 1. The van der Waals surface area contributed by atoms with Crippen molar-refractivity contribution in [1.82, 2.24) is 0 Å². The highest BCUT2D eigenvalue weighted by molar-refractivity contribution is 7.87. The molecule has 4 unspecified atom stereocenters. The molecule has 1 aliphatic carbocycles. The smallest absolute Gasteiger partial charge is 0.319 e. The molecule has 4 heteroatoms. The van der Waals surface area contributed by atoms with Crippen molar-refractivity contribution in [1.29, 1.82) is 0 Å². The van der Waals surface area contributed by atoms with Gasteiger partial charge in [-0.15, -0.1) is 0 Å². The Morgan fingerprint density at radius 3 is 2.29 bits per heavy atom. The average Bonchev–Trinajstić information content (AvgIpc) is 2.44. The van der Waals surface area contributed by atoms with Crippen molar-refractivity contribution in [3.63, 3.8) is 0 Å². The first-order valence-electron chi connectivity index (χ1n) is 7.63. The maximum absolute atomic E-state index is 12.8. The van der Waals surface area contributed by atoms with Gasteiger partial charge in [0.05, 0.1) is 0 Å². The monoisotopic (exact) mass is 308 g/mol. The Balaban J connectivity index is 2.10. The third-order valence-corrected chi connectivity index (χ3v) is 6.25. The van der Waals surface area contributed by atoms with Crippen LogP contribution in [0.5, 0.6) is 0 Å². The number of carbonyl (C=O) groups is 1. The van der Waals surface area contributed by atoms with Crippen LogP contribution in [0, 0.1) is 11.8 Å². The molecule has 0 radical (unpaired) electrons. The van der Waals surface area contributed by atoms with E-state index >= 15 is 0 Å². The van der Waals surface area contributed by atoms with Gasteiger partial charge in [0, 0.05) is 16.0 Å². The molecule has 0 bridgehead atoms. The van der Waals surface area contributed by atoms with Crippen LogP contribution in [0.1, 0.15) is 38.7 Å². The lowest BCUT2D eigenvalue weighted by atomic mass is 9.83. The summed E-state index contributed by atoms with van der Waals surface area (Å²) in [5.41, 5.74) is 0.940. The highest BCUT2D eigenvalue weighted by Gasteiger charge is 2.35. The summed E-state index contributed by atoms with van der Waals surface area (Å²) in [6.45, 7) is 4.35. The van der Waals surface area contributed by atoms with Crippen LogP contribution in [0.25, 0.3) is 0 Å². The molecule has 0 saturated heterocycles. The maximum Gasteiger partial charge on any atom is 0.319 e. The van der Waals surface area contributed by atoms with Gasteiger partial charge in [-0.25, -0.2) is 0 Å².